The molecule has 0 aromatic carbocycles. The van der Waals surface area contributed by atoms with Crippen LogP contribution in [0.25, 0.3) is 0 Å². The lowest BCUT2D eigenvalue weighted by Gasteiger charge is -2.16. The summed E-state index contributed by atoms with van der Waals surface area (Å²) in [5.41, 5.74) is -0.476. The number of ether oxygens (including phenoxy) is 1. The van der Waals surface area contributed by atoms with Crippen LogP contribution in [0.5, 0.6) is 0 Å². The van der Waals surface area contributed by atoms with Gasteiger partial charge in [0.05, 0.1) is 11.5 Å². The van der Waals surface area contributed by atoms with E-state index in [0.717, 1.165) is 32.3 Å². The first-order chi connectivity index (χ1) is 5.26. The predicted molar refractivity (Wildman–Crippen MR) is 38.3 cm³/mol. The smallest absolute Gasteiger partial charge is 0.312 e. The molecule has 2 aliphatic rings. The molecule has 11 heavy (non-hydrogen) atoms. The number of hydrogen-bond acceptors (Lipinski definition) is 2. The average Bonchev–Trinajstić information content (AvgIpc) is 2.61. The van der Waals surface area contributed by atoms with Crippen LogP contribution in [0.2, 0.25) is 0 Å². The molecule has 0 aromatic heterocycles. The van der Waals surface area contributed by atoms with Crippen LogP contribution < -0.4 is 0 Å². The van der Waals surface area contributed by atoms with Crippen LogP contribution in [0.4, 0.5) is 0 Å². The van der Waals surface area contributed by atoms with Crippen molar-refractivity contribution < 1.29 is 14.6 Å². The van der Waals surface area contributed by atoms with Crippen molar-refractivity contribution in [2.75, 3.05) is 6.61 Å². The molecule has 2 rings (SSSR count). The van der Waals surface area contributed by atoms with E-state index in [1.807, 2.05) is 0 Å². The summed E-state index contributed by atoms with van der Waals surface area (Å²) in [4.78, 5) is 10.8. The van der Waals surface area contributed by atoms with Crippen LogP contribution in [0.1, 0.15) is 25.7 Å². The van der Waals surface area contributed by atoms with Gasteiger partial charge in [0.2, 0.25) is 0 Å². The van der Waals surface area contributed by atoms with E-state index in [1.54, 1.807) is 0 Å². The van der Waals surface area contributed by atoms with Crippen LogP contribution in [0.15, 0.2) is 0 Å². The molecule has 0 amide bonds. The molecule has 62 valence electrons. The van der Waals surface area contributed by atoms with E-state index >= 15 is 0 Å². The highest BCUT2D eigenvalue weighted by Crippen LogP contribution is 2.52. The Kier molecular flexibility index (Phi) is 1.42. The molecule has 0 spiro atoms. The Labute approximate surface area is 65.4 Å². The normalized spacial score (nSPS) is 33.6. The molecule has 1 saturated carbocycles. The van der Waals surface area contributed by atoms with E-state index in [1.165, 1.54) is 0 Å². The third-order valence-corrected chi connectivity index (χ3v) is 2.76. The Balaban J connectivity index is 2.07. The van der Waals surface area contributed by atoms with Gasteiger partial charge >= 0.3 is 5.97 Å². The van der Waals surface area contributed by atoms with Gasteiger partial charge in [-0.2, -0.15) is 0 Å². The minimum atomic E-state index is -0.663. The second kappa shape index (κ2) is 2.21. The Hall–Kier alpha value is -0.570. The largest absolute Gasteiger partial charge is 0.481 e. The zero-order chi connectivity index (χ0) is 7.90. The summed E-state index contributed by atoms with van der Waals surface area (Å²) in [7, 11) is 0. The van der Waals surface area contributed by atoms with Gasteiger partial charge in [0.15, 0.2) is 0 Å². The van der Waals surface area contributed by atoms with Crippen LogP contribution in [0, 0.1) is 5.41 Å². The first-order valence-electron chi connectivity index (χ1n) is 4.11. The Morgan fingerprint density at radius 3 is 2.64 bits per heavy atom. The second-order valence-electron chi connectivity index (χ2n) is 3.46. The van der Waals surface area contributed by atoms with Crippen molar-refractivity contribution in [3.63, 3.8) is 0 Å². The van der Waals surface area contributed by atoms with Crippen molar-refractivity contribution >= 4 is 5.97 Å². The molecule has 1 heterocycles. The maximum absolute atomic E-state index is 10.8. The molecule has 0 bridgehead atoms. The molecule has 1 unspecified atom stereocenters. The van der Waals surface area contributed by atoms with Crippen molar-refractivity contribution in [1.29, 1.82) is 0 Å². The van der Waals surface area contributed by atoms with Gasteiger partial charge in [-0.3, -0.25) is 4.79 Å². The lowest BCUT2D eigenvalue weighted by Crippen LogP contribution is -2.29. The Bertz CT molecular complexity index is 178. The van der Waals surface area contributed by atoms with Crippen molar-refractivity contribution in [3.05, 3.63) is 0 Å². The fourth-order valence-electron chi connectivity index (χ4n) is 1.82. The highest BCUT2D eigenvalue weighted by atomic mass is 16.5. The van der Waals surface area contributed by atoms with Gasteiger partial charge in [-0.15, -0.1) is 0 Å². The minimum absolute atomic E-state index is 0.0139. The van der Waals surface area contributed by atoms with E-state index in [9.17, 15) is 4.79 Å². The van der Waals surface area contributed by atoms with Gasteiger partial charge < -0.3 is 9.84 Å². The number of carboxylic acid groups (broad SMARTS) is 1. The fourth-order valence-corrected chi connectivity index (χ4v) is 1.82. The fraction of sp³-hybridized carbons (Fsp3) is 0.875. The second-order valence-corrected chi connectivity index (χ2v) is 3.46. The quantitative estimate of drug-likeness (QED) is 0.649. The summed E-state index contributed by atoms with van der Waals surface area (Å²) in [5.74, 6) is -0.663. The zero-order valence-electron chi connectivity index (χ0n) is 6.38. The van der Waals surface area contributed by atoms with Crippen molar-refractivity contribution in [3.8, 4) is 0 Å². The SMILES string of the molecule is O=C(O)C1(C2CCCO2)CC1. The molecule has 2 fully saturated rings. The number of rotatable bonds is 2. The van der Waals surface area contributed by atoms with Gasteiger partial charge in [-0.25, -0.2) is 0 Å². The first-order valence-corrected chi connectivity index (χ1v) is 4.11. The monoisotopic (exact) mass is 156 g/mol. The molecule has 1 N–H and O–H groups in total. The summed E-state index contributed by atoms with van der Waals surface area (Å²) < 4.78 is 5.36. The van der Waals surface area contributed by atoms with Crippen molar-refractivity contribution in [2.45, 2.75) is 31.8 Å². The molecule has 0 radical (unpaired) electrons. The molecular formula is C8H12O3. The molecule has 1 saturated heterocycles. The van der Waals surface area contributed by atoms with Crippen molar-refractivity contribution in [2.24, 2.45) is 5.41 Å². The Morgan fingerprint density at radius 2 is 2.27 bits per heavy atom. The highest BCUT2D eigenvalue weighted by molar-refractivity contribution is 5.78. The van der Waals surface area contributed by atoms with Gasteiger partial charge in [-0.1, -0.05) is 0 Å². The molecule has 0 aromatic rings. The zero-order valence-corrected chi connectivity index (χ0v) is 6.38. The van der Waals surface area contributed by atoms with E-state index < -0.39 is 11.4 Å². The van der Waals surface area contributed by atoms with E-state index in [-0.39, 0.29) is 6.10 Å². The first kappa shape index (κ1) is 7.10. The Morgan fingerprint density at radius 1 is 1.55 bits per heavy atom. The van der Waals surface area contributed by atoms with Gasteiger partial charge in [0, 0.05) is 6.61 Å². The predicted octanol–water partition coefficient (Wildman–Crippen LogP) is 1.03. The summed E-state index contributed by atoms with van der Waals surface area (Å²) in [5, 5.41) is 8.88. The lowest BCUT2D eigenvalue weighted by atomic mass is 9.97. The standard InChI is InChI=1S/C8H12O3/c9-7(10)8(3-4-8)6-2-1-5-11-6/h6H,1-5H2,(H,9,10). The van der Waals surface area contributed by atoms with Crippen LogP contribution in [-0.2, 0) is 9.53 Å². The number of aliphatic carboxylic acids is 1. The summed E-state index contributed by atoms with van der Waals surface area (Å²) in [6.45, 7) is 0.750. The molecule has 3 nitrogen and oxygen atoms in total. The van der Waals surface area contributed by atoms with E-state index in [4.69, 9.17) is 9.84 Å². The number of hydrogen-bond donors (Lipinski definition) is 1. The molecule has 1 atom stereocenters. The molecular weight excluding hydrogens is 144 g/mol. The van der Waals surface area contributed by atoms with Gasteiger partial charge in [-0.05, 0) is 25.7 Å². The van der Waals surface area contributed by atoms with Gasteiger partial charge in [0.25, 0.3) is 0 Å². The number of carbonyl (C=O) groups is 1. The molecule has 1 aliphatic heterocycles. The van der Waals surface area contributed by atoms with Gasteiger partial charge in [0.1, 0.15) is 0 Å². The minimum Gasteiger partial charge on any atom is -0.481 e. The average molecular weight is 156 g/mol. The highest BCUT2D eigenvalue weighted by Gasteiger charge is 2.57. The summed E-state index contributed by atoms with van der Waals surface area (Å²) in [6.07, 6.45) is 3.60. The van der Waals surface area contributed by atoms with Crippen LogP contribution >= 0.6 is 0 Å². The van der Waals surface area contributed by atoms with Crippen molar-refractivity contribution in [1.82, 2.24) is 0 Å². The third-order valence-electron chi connectivity index (χ3n) is 2.76. The van der Waals surface area contributed by atoms with E-state index in [2.05, 4.69) is 0 Å². The van der Waals surface area contributed by atoms with Crippen LogP contribution in [0.3, 0.4) is 0 Å². The lowest BCUT2D eigenvalue weighted by molar-refractivity contribution is -0.148. The summed E-state index contributed by atoms with van der Waals surface area (Å²) >= 11 is 0. The summed E-state index contributed by atoms with van der Waals surface area (Å²) in [6, 6.07) is 0. The molecule has 3 heteroatoms. The maximum atomic E-state index is 10.8. The van der Waals surface area contributed by atoms with E-state index in [0.29, 0.717) is 0 Å². The maximum Gasteiger partial charge on any atom is 0.312 e. The third kappa shape index (κ3) is 0.948. The number of carboxylic acids is 1. The topological polar surface area (TPSA) is 46.5 Å². The van der Waals surface area contributed by atoms with Crippen LogP contribution in [-0.4, -0.2) is 23.8 Å². The molecule has 1 aliphatic carbocycles.